The minimum Gasteiger partial charge on any atom is -0.357 e. The Hall–Kier alpha value is -1.22. The standard InChI is InChI=1S/C19H27FN4S.HI/c1-4-21-19(23-12-10-18-24-14(2)15(3)25-18)22-11-6-8-16-7-5-9-17(20)13-16;/h5,7,9,13H,4,6,8,10-12H2,1-3H3,(H2,21,22,23);1H. The first kappa shape index (κ1) is 22.8. The van der Waals surface area contributed by atoms with Crippen molar-refractivity contribution in [2.24, 2.45) is 4.99 Å². The fourth-order valence-electron chi connectivity index (χ4n) is 2.44. The molecule has 0 saturated heterocycles. The van der Waals surface area contributed by atoms with Gasteiger partial charge in [0.05, 0.1) is 10.7 Å². The third-order valence-corrected chi connectivity index (χ3v) is 4.96. The predicted octanol–water partition coefficient (Wildman–Crippen LogP) is 4.25. The van der Waals surface area contributed by atoms with Gasteiger partial charge in [-0.05, 0) is 51.3 Å². The van der Waals surface area contributed by atoms with Crippen LogP contribution in [0.3, 0.4) is 0 Å². The van der Waals surface area contributed by atoms with Gasteiger partial charge in [0.2, 0.25) is 0 Å². The second-order valence-electron chi connectivity index (χ2n) is 5.92. The quantitative estimate of drug-likeness (QED) is 0.252. The van der Waals surface area contributed by atoms with Gasteiger partial charge in [0.1, 0.15) is 5.82 Å². The van der Waals surface area contributed by atoms with Gasteiger partial charge in [-0.25, -0.2) is 9.37 Å². The Bertz CT molecular complexity index is 683. The molecule has 0 saturated carbocycles. The number of nitrogens with zero attached hydrogens (tertiary/aromatic N) is 2. The van der Waals surface area contributed by atoms with Crippen LogP contribution in [0.25, 0.3) is 0 Å². The minimum atomic E-state index is -0.177. The Morgan fingerprint density at radius 1 is 1.23 bits per heavy atom. The summed E-state index contributed by atoms with van der Waals surface area (Å²) >= 11 is 1.76. The second-order valence-corrected chi connectivity index (χ2v) is 7.21. The molecule has 7 heteroatoms. The molecule has 0 spiro atoms. The van der Waals surface area contributed by atoms with Crippen molar-refractivity contribution in [3.05, 3.63) is 51.2 Å². The summed E-state index contributed by atoms with van der Waals surface area (Å²) in [7, 11) is 0. The lowest BCUT2D eigenvalue weighted by Gasteiger charge is -2.10. The Balaban J connectivity index is 0.00000338. The average Bonchev–Trinajstić information content (AvgIpc) is 2.89. The number of aromatic nitrogens is 1. The van der Waals surface area contributed by atoms with Gasteiger partial charge in [-0.2, -0.15) is 0 Å². The van der Waals surface area contributed by atoms with E-state index < -0.39 is 0 Å². The summed E-state index contributed by atoms with van der Waals surface area (Å²) in [6, 6.07) is 6.77. The smallest absolute Gasteiger partial charge is 0.191 e. The molecule has 2 N–H and O–H groups in total. The second kappa shape index (κ2) is 12.2. The van der Waals surface area contributed by atoms with Crippen LogP contribution >= 0.6 is 35.3 Å². The van der Waals surface area contributed by atoms with Crippen LogP contribution in [-0.4, -0.2) is 30.6 Å². The van der Waals surface area contributed by atoms with Gasteiger partial charge in [-0.1, -0.05) is 12.1 Å². The number of aliphatic imine (C=N–C) groups is 1. The highest BCUT2D eigenvalue weighted by Crippen LogP contribution is 2.16. The molecule has 1 aromatic carbocycles. The number of halogens is 2. The van der Waals surface area contributed by atoms with Crippen LogP contribution in [0.2, 0.25) is 0 Å². The lowest BCUT2D eigenvalue weighted by atomic mass is 10.1. The number of thiazole rings is 1. The maximum absolute atomic E-state index is 13.2. The van der Waals surface area contributed by atoms with Crippen molar-refractivity contribution in [2.75, 3.05) is 19.6 Å². The Morgan fingerprint density at radius 2 is 2.04 bits per heavy atom. The molecule has 0 aliphatic carbocycles. The zero-order valence-corrected chi connectivity index (χ0v) is 18.8. The number of hydrogen-bond donors (Lipinski definition) is 2. The van der Waals surface area contributed by atoms with Crippen LogP contribution in [0.1, 0.15) is 34.5 Å². The first-order valence-electron chi connectivity index (χ1n) is 8.78. The van der Waals surface area contributed by atoms with Gasteiger partial charge in [-0.15, -0.1) is 35.3 Å². The summed E-state index contributed by atoms with van der Waals surface area (Å²) in [5.74, 6) is 0.649. The van der Waals surface area contributed by atoms with Gasteiger partial charge in [0.15, 0.2) is 5.96 Å². The maximum atomic E-state index is 13.2. The van der Waals surface area contributed by atoms with Gasteiger partial charge in [0.25, 0.3) is 0 Å². The SMILES string of the molecule is CCNC(=NCCCc1cccc(F)c1)NCCc1nc(C)c(C)s1.I. The number of rotatable bonds is 8. The predicted molar refractivity (Wildman–Crippen MR) is 119 cm³/mol. The van der Waals surface area contributed by atoms with Crippen LogP contribution in [0.4, 0.5) is 4.39 Å². The molecule has 26 heavy (non-hydrogen) atoms. The molecule has 0 aliphatic rings. The van der Waals surface area contributed by atoms with E-state index in [1.54, 1.807) is 23.5 Å². The largest absolute Gasteiger partial charge is 0.357 e. The normalized spacial score (nSPS) is 11.2. The summed E-state index contributed by atoms with van der Waals surface area (Å²) in [5, 5.41) is 7.76. The molecule has 0 bridgehead atoms. The van der Waals surface area contributed by atoms with Gasteiger partial charge in [-0.3, -0.25) is 4.99 Å². The Morgan fingerprint density at radius 3 is 2.69 bits per heavy atom. The van der Waals surface area contributed by atoms with Gasteiger partial charge >= 0.3 is 0 Å². The van der Waals surface area contributed by atoms with Gasteiger partial charge in [0, 0.05) is 30.9 Å². The maximum Gasteiger partial charge on any atom is 0.191 e. The van der Waals surface area contributed by atoms with E-state index in [0.717, 1.165) is 54.6 Å². The average molecular weight is 490 g/mol. The molecule has 1 aromatic heterocycles. The summed E-state index contributed by atoms with van der Waals surface area (Å²) in [5.41, 5.74) is 2.14. The highest BCUT2D eigenvalue weighted by Gasteiger charge is 2.04. The molecule has 4 nitrogen and oxygen atoms in total. The van der Waals surface area contributed by atoms with Crippen LogP contribution in [-0.2, 0) is 12.8 Å². The van der Waals surface area contributed by atoms with E-state index in [9.17, 15) is 4.39 Å². The number of benzene rings is 1. The van der Waals surface area contributed by atoms with E-state index in [-0.39, 0.29) is 29.8 Å². The minimum absolute atomic E-state index is 0. The molecule has 0 atom stereocenters. The topological polar surface area (TPSA) is 49.3 Å². The first-order chi connectivity index (χ1) is 12.1. The lowest BCUT2D eigenvalue weighted by Crippen LogP contribution is -2.38. The van der Waals surface area contributed by atoms with E-state index >= 15 is 0 Å². The summed E-state index contributed by atoms with van der Waals surface area (Å²) in [6.07, 6.45) is 2.62. The van der Waals surface area contributed by atoms with E-state index in [1.165, 1.54) is 10.9 Å². The number of guanidine groups is 1. The zero-order valence-electron chi connectivity index (χ0n) is 15.6. The molecule has 0 amide bonds. The van der Waals surface area contributed by atoms with E-state index in [2.05, 4.69) is 34.5 Å². The molecule has 0 fully saturated rings. The van der Waals surface area contributed by atoms with Crippen molar-refractivity contribution < 1.29 is 4.39 Å². The molecule has 2 rings (SSSR count). The first-order valence-corrected chi connectivity index (χ1v) is 9.59. The monoisotopic (exact) mass is 490 g/mol. The van der Waals surface area contributed by atoms with Gasteiger partial charge < -0.3 is 10.6 Å². The summed E-state index contributed by atoms with van der Waals surface area (Å²) < 4.78 is 13.2. The molecule has 0 radical (unpaired) electrons. The highest BCUT2D eigenvalue weighted by atomic mass is 127. The van der Waals surface area contributed by atoms with E-state index in [4.69, 9.17) is 0 Å². The van der Waals surface area contributed by atoms with Crippen molar-refractivity contribution >= 4 is 41.3 Å². The van der Waals surface area contributed by atoms with Crippen LogP contribution in [0.15, 0.2) is 29.3 Å². The van der Waals surface area contributed by atoms with Crippen molar-refractivity contribution in [1.82, 2.24) is 15.6 Å². The zero-order chi connectivity index (χ0) is 18.1. The molecule has 2 aromatic rings. The lowest BCUT2D eigenvalue weighted by molar-refractivity contribution is 0.624. The Labute approximate surface area is 176 Å². The molecule has 144 valence electrons. The van der Waals surface area contributed by atoms with Crippen LogP contribution < -0.4 is 10.6 Å². The third-order valence-electron chi connectivity index (χ3n) is 3.83. The molecule has 1 heterocycles. The number of hydrogen-bond acceptors (Lipinski definition) is 3. The van der Waals surface area contributed by atoms with Crippen molar-refractivity contribution in [2.45, 2.75) is 40.0 Å². The van der Waals surface area contributed by atoms with E-state index in [1.807, 2.05) is 13.0 Å². The molecular formula is C19H28FIN4S. The van der Waals surface area contributed by atoms with Crippen LogP contribution in [0.5, 0.6) is 0 Å². The van der Waals surface area contributed by atoms with Crippen molar-refractivity contribution in [1.29, 1.82) is 0 Å². The summed E-state index contributed by atoms with van der Waals surface area (Å²) in [6.45, 7) is 8.55. The Kier molecular flexibility index (Phi) is 10.7. The van der Waals surface area contributed by atoms with Crippen LogP contribution in [0, 0.1) is 19.7 Å². The number of nitrogens with one attached hydrogen (secondary N) is 2. The fraction of sp³-hybridized carbons (Fsp3) is 0.474. The third kappa shape index (κ3) is 7.99. The highest BCUT2D eigenvalue weighted by molar-refractivity contribution is 14.0. The van der Waals surface area contributed by atoms with E-state index in [0.29, 0.717) is 6.54 Å². The summed E-state index contributed by atoms with van der Waals surface area (Å²) in [4.78, 5) is 10.4. The molecular weight excluding hydrogens is 462 g/mol. The molecule has 0 unspecified atom stereocenters. The fourth-order valence-corrected chi connectivity index (χ4v) is 3.38. The van der Waals surface area contributed by atoms with Crippen molar-refractivity contribution in [3.8, 4) is 0 Å². The van der Waals surface area contributed by atoms with Crippen molar-refractivity contribution in [3.63, 3.8) is 0 Å². The number of aryl methyl sites for hydroxylation is 3. The molecule has 0 aliphatic heterocycles.